The van der Waals surface area contributed by atoms with Crippen molar-refractivity contribution in [2.24, 2.45) is 0 Å². The Bertz CT molecular complexity index is 645. The molecule has 0 amide bonds. The van der Waals surface area contributed by atoms with E-state index >= 15 is 0 Å². The van der Waals surface area contributed by atoms with Crippen molar-refractivity contribution < 1.29 is 19.4 Å². The Kier molecular flexibility index (Phi) is 7.79. The van der Waals surface area contributed by atoms with Crippen molar-refractivity contribution in [1.82, 2.24) is 5.32 Å². The summed E-state index contributed by atoms with van der Waals surface area (Å²) in [6.45, 7) is 4.00. The molecular weight excluding hydrogens is 318 g/mol. The molecule has 0 heterocycles. The highest BCUT2D eigenvalue weighted by molar-refractivity contribution is 5.72. The fraction of sp³-hybridized carbons (Fsp3) is 0.350. The van der Waals surface area contributed by atoms with Crippen LogP contribution in [0.15, 0.2) is 54.6 Å². The minimum absolute atomic E-state index is 0.430. The molecule has 0 saturated carbocycles. The third kappa shape index (κ3) is 6.85. The van der Waals surface area contributed by atoms with Gasteiger partial charge < -0.3 is 19.9 Å². The summed E-state index contributed by atoms with van der Waals surface area (Å²) < 4.78 is 11.2. The van der Waals surface area contributed by atoms with E-state index in [-0.39, 0.29) is 0 Å². The predicted octanol–water partition coefficient (Wildman–Crippen LogP) is 3.49. The van der Waals surface area contributed by atoms with Crippen LogP contribution in [0.2, 0.25) is 0 Å². The van der Waals surface area contributed by atoms with Crippen LogP contribution in [0, 0.1) is 0 Å². The molecule has 2 aromatic carbocycles. The number of nitrogens with one attached hydrogen (secondary N) is 1. The summed E-state index contributed by atoms with van der Waals surface area (Å²) in [5, 5.41) is 12.4. The van der Waals surface area contributed by atoms with Gasteiger partial charge in [-0.1, -0.05) is 37.3 Å². The normalized spacial score (nSPS) is 11.7. The first-order chi connectivity index (χ1) is 12.2. The van der Waals surface area contributed by atoms with Crippen molar-refractivity contribution >= 4 is 5.97 Å². The van der Waals surface area contributed by atoms with Crippen molar-refractivity contribution in [2.45, 2.75) is 32.4 Å². The number of carbonyl (C=O) groups is 1. The van der Waals surface area contributed by atoms with E-state index in [2.05, 4.69) is 5.32 Å². The SMILES string of the molecule is CC[C@@H](Oc1cccc(CNCCCOc2ccccc2)c1)C(=O)O. The first-order valence-electron chi connectivity index (χ1n) is 8.56. The first-order valence-corrected chi connectivity index (χ1v) is 8.56. The fourth-order valence-corrected chi connectivity index (χ4v) is 2.34. The maximum absolute atomic E-state index is 11.0. The van der Waals surface area contributed by atoms with Crippen LogP contribution in [0.25, 0.3) is 0 Å². The van der Waals surface area contributed by atoms with Crippen LogP contribution in [0.5, 0.6) is 11.5 Å². The third-order valence-corrected chi connectivity index (χ3v) is 3.66. The van der Waals surface area contributed by atoms with Crippen molar-refractivity contribution in [3.63, 3.8) is 0 Å². The molecule has 134 valence electrons. The quantitative estimate of drug-likeness (QED) is 0.611. The molecule has 0 spiro atoms. The van der Waals surface area contributed by atoms with Gasteiger partial charge >= 0.3 is 5.97 Å². The zero-order valence-corrected chi connectivity index (χ0v) is 14.5. The maximum Gasteiger partial charge on any atom is 0.344 e. The van der Waals surface area contributed by atoms with Crippen molar-refractivity contribution in [3.8, 4) is 11.5 Å². The van der Waals surface area contributed by atoms with Gasteiger partial charge in [-0.2, -0.15) is 0 Å². The van der Waals surface area contributed by atoms with E-state index in [4.69, 9.17) is 14.6 Å². The Morgan fingerprint density at radius 3 is 2.60 bits per heavy atom. The topological polar surface area (TPSA) is 67.8 Å². The second-order valence-corrected chi connectivity index (χ2v) is 5.69. The number of hydrogen-bond acceptors (Lipinski definition) is 4. The molecule has 5 nitrogen and oxygen atoms in total. The van der Waals surface area contributed by atoms with E-state index in [1.165, 1.54) is 0 Å². The second-order valence-electron chi connectivity index (χ2n) is 5.69. The van der Waals surface area contributed by atoms with Crippen molar-refractivity contribution in [2.75, 3.05) is 13.2 Å². The van der Waals surface area contributed by atoms with Crippen molar-refractivity contribution in [3.05, 3.63) is 60.2 Å². The Hall–Kier alpha value is -2.53. The molecule has 0 saturated heterocycles. The van der Waals surface area contributed by atoms with Crippen LogP contribution in [0.3, 0.4) is 0 Å². The van der Waals surface area contributed by atoms with Gasteiger partial charge in [-0.15, -0.1) is 0 Å². The van der Waals surface area contributed by atoms with Gasteiger partial charge in [-0.3, -0.25) is 0 Å². The molecule has 0 radical (unpaired) electrons. The zero-order chi connectivity index (χ0) is 17.9. The predicted molar refractivity (Wildman–Crippen MR) is 97.0 cm³/mol. The number of ether oxygens (including phenoxy) is 2. The molecule has 25 heavy (non-hydrogen) atoms. The van der Waals surface area contributed by atoms with Gasteiger partial charge in [-0.25, -0.2) is 4.79 Å². The molecule has 0 fully saturated rings. The van der Waals surface area contributed by atoms with E-state index < -0.39 is 12.1 Å². The first kappa shape index (κ1) is 18.8. The highest BCUT2D eigenvalue weighted by Gasteiger charge is 2.16. The lowest BCUT2D eigenvalue weighted by atomic mass is 10.2. The number of benzene rings is 2. The van der Waals surface area contributed by atoms with Crippen LogP contribution in [-0.2, 0) is 11.3 Å². The third-order valence-electron chi connectivity index (χ3n) is 3.66. The Morgan fingerprint density at radius 2 is 1.88 bits per heavy atom. The van der Waals surface area contributed by atoms with Gasteiger partial charge in [0, 0.05) is 6.54 Å². The average molecular weight is 343 g/mol. The molecule has 0 unspecified atom stereocenters. The van der Waals surface area contributed by atoms with E-state index in [9.17, 15) is 4.79 Å². The van der Waals surface area contributed by atoms with Crippen molar-refractivity contribution in [1.29, 1.82) is 0 Å². The number of carboxylic acid groups (broad SMARTS) is 1. The van der Waals surface area contributed by atoms with Crippen LogP contribution in [0.4, 0.5) is 0 Å². The molecule has 1 atom stereocenters. The number of aliphatic carboxylic acids is 1. The minimum atomic E-state index is -0.940. The molecular formula is C20H25NO4. The van der Waals surface area contributed by atoms with Gasteiger partial charge in [0.1, 0.15) is 11.5 Å². The molecule has 2 N–H and O–H groups in total. The van der Waals surface area contributed by atoms with Gasteiger partial charge in [0.15, 0.2) is 6.10 Å². The molecule has 0 bridgehead atoms. The lowest BCUT2D eigenvalue weighted by Gasteiger charge is -2.14. The van der Waals surface area contributed by atoms with Gasteiger partial charge in [-0.05, 0) is 49.2 Å². The molecule has 2 aromatic rings. The zero-order valence-electron chi connectivity index (χ0n) is 14.5. The summed E-state index contributed by atoms with van der Waals surface area (Å²) in [7, 11) is 0. The monoisotopic (exact) mass is 343 g/mol. The van der Waals surface area contributed by atoms with E-state index in [1.54, 1.807) is 13.0 Å². The Balaban J connectivity index is 1.68. The standard InChI is InChI=1S/C20H25NO4/c1-2-19(20(22)23)25-18-11-6-8-16(14-18)15-21-12-7-13-24-17-9-4-3-5-10-17/h3-6,8-11,14,19,21H,2,7,12-13,15H2,1H3,(H,22,23)/t19-/m1/s1. The largest absolute Gasteiger partial charge is 0.494 e. The van der Waals surface area contributed by atoms with Crippen LogP contribution in [0.1, 0.15) is 25.3 Å². The summed E-state index contributed by atoms with van der Waals surface area (Å²) in [6.07, 6.45) is 0.527. The average Bonchev–Trinajstić information content (AvgIpc) is 2.63. The van der Waals surface area contributed by atoms with E-state index in [0.717, 1.165) is 24.3 Å². The minimum Gasteiger partial charge on any atom is -0.494 e. The number of para-hydroxylation sites is 1. The molecule has 0 aromatic heterocycles. The highest BCUT2D eigenvalue weighted by atomic mass is 16.5. The molecule has 2 rings (SSSR count). The molecule has 0 aliphatic heterocycles. The highest BCUT2D eigenvalue weighted by Crippen LogP contribution is 2.16. The molecule has 0 aliphatic rings. The maximum atomic E-state index is 11.0. The van der Waals surface area contributed by atoms with Gasteiger partial charge in [0.2, 0.25) is 0 Å². The summed E-state index contributed by atoms with van der Waals surface area (Å²) >= 11 is 0. The summed E-state index contributed by atoms with van der Waals surface area (Å²) in [6, 6.07) is 17.3. The smallest absolute Gasteiger partial charge is 0.344 e. The molecule has 5 heteroatoms. The summed E-state index contributed by atoms with van der Waals surface area (Å²) in [5.41, 5.74) is 1.06. The van der Waals surface area contributed by atoms with Gasteiger partial charge in [0.25, 0.3) is 0 Å². The van der Waals surface area contributed by atoms with Crippen LogP contribution >= 0.6 is 0 Å². The summed E-state index contributed by atoms with van der Waals surface area (Å²) in [4.78, 5) is 11.0. The second kappa shape index (κ2) is 10.4. The fourth-order valence-electron chi connectivity index (χ4n) is 2.34. The number of hydrogen-bond donors (Lipinski definition) is 2. The summed E-state index contributed by atoms with van der Waals surface area (Å²) in [5.74, 6) is 0.529. The molecule has 0 aliphatic carbocycles. The Labute approximate surface area is 148 Å². The van der Waals surface area contributed by atoms with E-state index in [1.807, 2.05) is 48.5 Å². The lowest BCUT2D eigenvalue weighted by molar-refractivity contribution is -0.145. The van der Waals surface area contributed by atoms with Gasteiger partial charge in [0.05, 0.1) is 6.61 Å². The Morgan fingerprint density at radius 1 is 1.12 bits per heavy atom. The van der Waals surface area contributed by atoms with Crippen LogP contribution in [-0.4, -0.2) is 30.3 Å². The lowest BCUT2D eigenvalue weighted by Crippen LogP contribution is -2.26. The number of rotatable bonds is 11. The van der Waals surface area contributed by atoms with E-state index in [0.29, 0.717) is 25.3 Å². The van der Waals surface area contributed by atoms with Crippen LogP contribution < -0.4 is 14.8 Å². The number of carboxylic acids is 1.